The van der Waals surface area contributed by atoms with Crippen molar-refractivity contribution in [3.63, 3.8) is 0 Å². The van der Waals surface area contributed by atoms with E-state index >= 15 is 0 Å². The van der Waals surface area contributed by atoms with Gasteiger partial charge in [-0.2, -0.15) is 21.6 Å². The Morgan fingerprint density at radius 2 is 0.614 bits per heavy atom. The number of methoxy groups -OCH3 is 1. The molecule has 0 bridgehead atoms. The van der Waals surface area contributed by atoms with Gasteiger partial charge in [-0.25, -0.2) is 4.79 Å². The van der Waals surface area contributed by atoms with E-state index in [1.54, 1.807) is 37.3 Å². The Balaban J connectivity index is 0.000000255. The summed E-state index contributed by atoms with van der Waals surface area (Å²) in [4.78, 5) is 42.9. The number of ketones is 2. The number of phenols is 1. The molecule has 0 radical (unpaired) electrons. The molecule has 0 saturated carbocycles. The van der Waals surface area contributed by atoms with Crippen molar-refractivity contribution in [2.24, 2.45) is 10.8 Å². The van der Waals surface area contributed by atoms with Crippen molar-refractivity contribution in [3.8, 4) is 11.5 Å². The van der Waals surface area contributed by atoms with Crippen LogP contribution in [-0.2, 0) is 75.3 Å². The number of aryl methyl sites for hydroxylation is 13. The molecule has 0 spiro atoms. The zero-order valence-electron chi connectivity index (χ0n) is 89.8. The maximum absolute atomic E-state index is 12.5. The smallest absolute Gasteiger partial charge is 0.508 e. The van der Waals surface area contributed by atoms with Gasteiger partial charge >= 0.3 is 21.6 Å². The second-order valence-corrected chi connectivity index (χ2v) is 47.4. The molecule has 0 aliphatic carbocycles. The summed E-state index contributed by atoms with van der Waals surface area (Å²) in [5.74, 6) is 0.385. The van der Waals surface area contributed by atoms with Crippen LogP contribution in [0.2, 0.25) is 0 Å². The number of alkyl halides is 4. The second-order valence-electron chi connectivity index (χ2n) is 39.8. The predicted octanol–water partition coefficient (Wildman–Crippen LogP) is 36.1. The molecular weight excluding hydrogens is 1950 g/mol. The Labute approximate surface area is 872 Å². The van der Waals surface area contributed by atoms with Gasteiger partial charge in [0, 0.05) is 84.3 Å². The van der Waals surface area contributed by atoms with Crippen molar-refractivity contribution < 1.29 is 55.1 Å². The van der Waals surface area contributed by atoms with E-state index in [1.807, 2.05) is 131 Å². The number of Topliss-reactive ketones (excluding diaryl/α,β-unsaturated/α-hetero) is 2. The molecule has 6 aromatic heterocycles. The molecule has 20 heteroatoms. The third-order valence-electron chi connectivity index (χ3n) is 29.1. The number of carbonyl (C=O) groups is 3. The van der Waals surface area contributed by atoms with E-state index in [9.17, 15) is 46.2 Å². The molecule has 0 aliphatic rings. The van der Waals surface area contributed by atoms with Crippen LogP contribution < -0.4 is 4.18 Å². The van der Waals surface area contributed by atoms with E-state index in [-0.39, 0.29) is 67.4 Å². The number of phenolic OH excluding ortho intramolecular Hbond substituents is 1. The number of rotatable bonds is 32. The molecule has 6 heterocycles. The van der Waals surface area contributed by atoms with Crippen LogP contribution in [0, 0.1) is 93.9 Å². The van der Waals surface area contributed by atoms with Gasteiger partial charge in [-0.3, -0.25) is 9.59 Å². The summed E-state index contributed by atoms with van der Waals surface area (Å²) < 4.78 is 69.3. The zero-order chi connectivity index (χ0) is 105. The fourth-order valence-corrected chi connectivity index (χ4v) is 27.4. The van der Waals surface area contributed by atoms with E-state index in [0.717, 1.165) is 117 Å². The van der Waals surface area contributed by atoms with Gasteiger partial charge in [0.05, 0.1) is 19.3 Å². The predicted molar refractivity (Wildman–Crippen MR) is 600 cm³/mol. The van der Waals surface area contributed by atoms with Gasteiger partial charge in [0.25, 0.3) is 0 Å². The number of benzene rings is 6. The quantitative estimate of drug-likeness (QED) is 0.0182. The topological polar surface area (TPSA) is 144 Å². The van der Waals surface area contributed by atoms with E-state index in [1.165, 1.54) is 126 Å². The maximum atomic E-state index is 12.5. The highest BCUT2D eigenvalue weighted by Crippen LogP contribution is 2.50. The highest BCUT2D eigenvalue weighted by molar-refractivity contribution is 9.08. The molecule has 2 N–H and O–H groups in total. The van der Waals surface area contributed by atoms with Crippen molar-refractivity contribution in [3.05, 3.63) is 330 Å². The summed E-state index contributed by atoms with van der Waals surface area (Å²) in [6.07, 6.45) is 14.0. The Kier molecular flexibility index (Phi) is 45.5. The molecule has 140 heavy (non-hydrogen) atoms. The van der Waals surface area contributed by atoms with Gasteiger partial charge in [0.1, 0.15) is 23.1 Å². The summed E-state index contributed by atoms with van der Waals surface area (Å²) in [5, 5.41) is 33.3. The molecule has 12 aromatic rings. The van der Waals surface area contributed by atoms with Crippen LogP contribution in [0.25, 0.3) is 0 Å². The molecule has 0 saturated heterocycles. The van der Waals surface area contributed by atoms with Crippen LogP contribution in [0.1, 0.15) is 371 Å². The first-order valence-electron chi connectivity index (χ1n) is 49.7. The molecule has 764 valence electrons. The van der Waals surface area contributed by atoms with Gasteiger partial charge in [0.2, 0.25) is 0 Å². The number of aromatic hydroxyl groups is 1. The number of hydrogen-bond acceptors (Lipinski definition) is 15. The highest BCUT2D eigenvalue weighted by Gasteiger charge is 2.49. The van der Waals surface area contributed by atoms with Crippen molar-refractivity contribution in [1.82, 2.24) is 0 Å². The molecular formula is C120H160BrF3O9S7. The summed E-state index contributed by atoms with van der Waals surface area (Å²) in [7, 11) is -4.26. The summed E-state index contributed by atoms with van der Waals surface area (Å²) in [5.41, 5.74) is 20.6. The first-order chi connectivity index (χ1) is 65.7. The number of thiophene rings is 6. The number of aliphatic hydroxyl groups is 1. The fourth-order valence-electron chi connectivity index (χ4n) is 18.7. The molecule has 0 amide bonds. The third-order valence-corrected chi connectivity index (χ3v) is 38.2. The van der Waals surface area contributed by atoms with Crippen molar-refractivity contribution in [1.29, 1.82) is 0 Å². The first-order valence-corrected chi connectivity index (χ1v) is 57.5. The van der Waals surface area contributed by atoms with Gasteiger partial charge in [0.15, 0.2) is 0 Å². The van der Waals surface area contributed by atoms with E-state index in [4.69, 9.17) is 4.74 Å². The highest BCUT2D eigenvalue weighted by atomic mass is 79.9. The van der Waals surface area contributed by atoms with Crippen molar-refractivity contribution in [2.75, 3.05) is 7.11 Å². The minimum atomic E-state index is -5.68. The minimum Gasteiger partial charge on any atom is -0.508 e. The van der Waals surface area contributed by atoms with Gasteiger partial charge in [-0.15, -0.1) is 68.0 Å². The normalized spacial score (nSPS) is 12.1. The van der Waals surface area contributed by atoms with E-state index in [0.29, 0.717) is 29.1 Å². The fraction of sp³-hybridized carbons (Fsp3) is 0.475. The number of hydrogen-bond donors (Lipinski definition) is 2. The third kappa shape index (κ3) is 29.1. The molecule has 6 aromatic carbocycles. The number of esters is 1. The number of carbonyl (C=O) groups excluding carboxylic acids is 3. The Morgan fingerprint density at radius 1 is 0.357 bits per heavy atom. The first kappa shape index (κ1) is 121. The van der Waals surface area contributed by atoms with Gasteiger partial charge < -0.3 is 19.1 Å². The minimum absolute atomic E-state index is 0.0261. The Morgan fingerprint density at radius 3 is 0.836 bits per heavy atom. The van der Waals surface area contributed by atoms with E-state index < -0.39 is 15.6 Å². The monoisotopic (exact) mass is 2100 g/mol. The average Bonchev–Trinajstić information content (AvgIpc) is 1.40. The lowest BCUT2D eigenvalue weighted by Gasteiger charge is -2.32. The van der Waals surface area contributed by atoms with Crippen molar-refractivity contribution >= 4 is 112 Å². The molecule has 0 aliphatic heterocycles. The summed E-state index contributed by atoms with van der Waals surface area (Å²) in [6.45, 7) is 65.2. The summed E-state index contributed by atoms with van der Waals surface area (Å²) in [6, 6.07) is 51.0. The number of halogens is 4. The van der Waals surface area contributed by atoms with E-state index in [2.05, 4.69) is 306 Å². The van der Waals surface area contributed by atoms with Crippen LogP contribution >= 0.6 is 84.0 Å². The van der Waals surface area contributed by atoms with Crippen LogP contribution in [0.3, 0.4) is 0 Å². The maximum Gasteiger partial charge on any atom is 0.534 e. The van der Waals surface area contributed by atoms with Gasteiger partial charge in [-0.1, -0.05) is 232 Å². The Bertz CT molecular complexity index is 6000. The SMILES string of the molecule is CC(=O)C(C)(C)C.CCC(CC)(c1ccc(C(=O)OC)c(C)c1)c1cc(C)cs1.CCC(CC)(c1ccc(CBr)c(C)c1)c1cc(C)cs1.CCC(CC)(c1ccc(CCC(=O)C(C)(C)C)c(C)c1)c1cc(C)cs1.CCC(CC)(c1ccc(CO)c(C)c1)c1cc(C)cs1.CCC(CC)(c1ccc(O)c(C)c1)c1cc(C)cs1.CCC(CC)(c1ccc(OS(=O)(=O)C(F)(F)F)c(C)c1)c1cc(C)cs1. The zero-order valence-corrected chi connectivity index (χ0v) is 97.1. The Hall–Kier alpha value is -7.89. The van der Waals surface area contributed by atoms with Gasteiger partial charge in [-0.05, 0) is 377 Å². The van der Waals surface area contributed by atoms with Crippen molar-refractivity contribution in [2.45, 2.75) is 354 Å². The lowest BCUT2D eigenvalue weighted by Crippen LogP contribution is -2.28. The average molecular weight is 2110 g/mol. The number of ether oxygens (including phenoxy) is 1. The molecule has 0 fully saturated rings. The standard InChI is InChI=1S/C24H34OS.C19H24O2S.C18H23BrS.C18H21F3O3S2.C18H24OS.C17H22OS.C6H12O/c1-8-24(9-2,22-14-17(3)16-26-22)20-12-10-19(18(4)15-20)11-13-21(25)23(5,6)7;1-6-19(7-2,17-10-13(3)12-22-17)15-8-9-16(14(4)11-15)18(20)21-5;1-5-18(6-2,17-9-13(3)12-20-17)16-8-7-15(11-19)14(4)10-16;1-5-17(6-2,16-9-12(3)11-25-16)14-7-8-15(13(4)10-14)24-26(22,23)18(19,20)21;1-5-18(6-2,17-9-13(3)12-20-17)16-8-7-15(11-19)14(4)10-16;1-5-17(6-2,16-9-12(3)11-19-16)14-7-8-15(18)13(4)10-14;1-5(7)6(2,3)4/h10,12,14-16H,8-9,11,13H2,1-7H3;8-12H,6-7H2,1-5H3;7-10,12H,5-6,11H2,1-4H3;7-11H,5-6H2,1-4H3;7-10,12,19H,5-6,11H2,1-4H3;7-11,18H,5-6H2,1-4H3;1-4H3. The number of aliphatic hydroxyl groups excluding tert-OH is 1. The molecule has 0 atom stereocenters. The largest absolute Gasteiger partial charge is 0.534 e. The van der Waals surface area contributed by atoms with Crippen LogP contribution in [0.4, 0.5) is 13.2 Å². The molecule has 12 rings (SSSR count). The molecule has 0 unspecified atom stereocenters. The van der Waals surface area contributed by atoms with Crippen LogP contribution in [0.5, 0.6) is 11.5 Å². The summed E-state index contributed by atoms with van der Waals surface area (Å²) >= 11 is 14.6. The van der Waals surface area contributed by atoms with Crippen LogP contribution in [0.15, 0.2) is 178 Å². The second kappa shape index (κ2) is 52.8. The lowest BCUT2D eigenvalue weighted by molar-refractivity contribution is -0.126. The lowest BCUT2D eigenvalue weighted by atomic mass is 9.73. The molecule has 9 nitrogen and oxygen atoms in total. The van der Waals surface area contributed by atoms with Crippen LogP contribution in [-0.4, -0.2) is 48.8 Å².